The summed E-state index contributed by atoms with van der Waals surface area (Å²) in [6, 6.07) is 3.95. The summed E-state index contributed by atoms with van der Waals surface area (Å²) in [5, 5.41) is 0. The molecule has 2 saturated heterocycles. The second-order valence-electron chi connectivity index (χ2n) is 7.26. The molecule has 0 saturated carbocycles. The quantitative estimate of drug-likeness (QED) is 0.727. The minimum Gasteiger partial charge on any atom is -0.451 e. The molecular weight excluding hydrogens is 346 g/mol. The van der Waals surface area contributed by atoms with Crippen molar-refractivity contribution in [3.05, 3.63) is 48.4 Å². The van der Waals surface area contributed by atoms with E-state index in [2.05, 4.69) is 9.97 Å². The maximum absolute atomic E-state index is 12.4. The zero-order valence-electron chi connectivity index (χ0n) is 15.4. The van der Waals surface area contributed by atoms with Gasteiger partial charge in [0.1, 0.15) is 6.26 Å². The molecule has 0 aliphatic carbocycles. The second kappa shape index (κ2) is 8.19. The Morgan fingerprint density at radius 1 is 1.30 bits per heavy atom. The number of rotatable bonds is 6. The highest BCUT2D eigenvalue weighted by Crippen LogP contribution is 2.42. The molecule has 0 N–H and O–H groups in total. The highest BCUT2D eigenvalue weighted by atomic mass is 16.5. The standard InChI is InChI=1S/C20H25N3O4/c24-19(18-14-26-15-22-18)23-9-5-20(6-10-23)17(4-12-27-20)3-11-25-13-16-1-7-21-8-2-16/h1-2,7-8,14-15,17H,3-6,9-13H2/t17-/m1/s1. The van der Waals surface area contributed by atoms with Gasteiger partial charge in [-0.2, -0.15) is 0 Å². The number of oxazole rings is 1. The van der Waals surface area contributed by atoms with Crippen LogP contribution in [0.3, 0.4) is 0 Å². The molecule has 2 fully saturated rings. The number of likely N-dealkylation sites (tertiary alicyclic amines) is 1. The van der Waals surface area contributed by atoms with Gasteiger partial charge >= 0.3 is 0 Å². The van der Waals surface area contributed by atoms with Gasteiger partial charge in [-0.3, -0.25) is 9.78 Å². The molecule has 2 aliphatic heterocycles. The number of piperidine rings is 1. The Bertz CT molecular complexity index is 727. The fourth-order valence-electron chi connectivity index (χ4n) is 4.21. The van der Waals surface area contributed by atoms with Crippen LogP contribution in [0, 0.1) is 5.92 Å². The van der Waals surface area contributed by atoms with E-state index >= 15 is 0 Å². The Hall–Kier alpha value is -2.25. The van der Waals surface area contributed by atoms with Crippen LogP contribution in [0.15, 0.2) is 41.6 Å². The Labute approximate surface area is 158 Å². The van der Waals surface area contributed by atoms with E-state index in [-0.39, 0.29) is 11.5 Å². The van der Waals surface area contributed by atoms with Crippen LogP contribution in [0.4, 0.5) is 0 Å². The Balaban J connectivity index is 1.26. The predicted molar refractivity (Wildman–Crippen MR) is 96.9 cm³/mol. The summed E-state index contributed by atoms with van der Waals surface area (Å²) in [6.45, 7) is 3.52. The van der Waals surface area contributed by atoms with Crippen molar-refractivity contribution in [2.45, 2.75) is 37.9 Å². The van der Waals surface area contributed by atoms with E-state index in [0.717, 1.165) is 44.5 Å². The average molecular weight is 371 g/mol. The summed E-state index contributed by atoms with van der Waals surface area (Å²) in [6.07, 6.45) is 10.1. The second-order valence-corrected chi connectivity index (χ2v) is 7.26. The van der Waals surface area contributed by atoms with Crippen LogP contribution in [0.5, 0.6) is 0 Å². The van der Waals surface area contributed by atoms with Crippen molar-refractivity contribution in [3.8, 4) is 0 Å². The van der Waals surface area contributed by atoms with E-state index in [9.17, 15) is 4.79 Å². The molecule has 2 aromatic rings. The number of amides is 1. The monoisotopic (exact) mass is 371 g/mol. The van der Waals surface area contributed by atoms with Crippen molar-refractivity contribution in [2.75, 3.05) is 26.3 Å². The molecule has 0 unspecified atom stereocenters. The highest BCUT2D eigenvalue weighted by Gasteiger charge is 2.46. The highest BCUT2D eigenvalue weighted by molar-refractivity contribution is 5.91. The van der Waals surface area contributed by atoms with E-state index in [1.807, 2.05) is 17.0 Å². The molecule has 2 aromatic heterocycles. The molecular formula is C20H25N3O4. The van der Waals surface area contributed by atoms with Gasteiger partial charge in [0.25, 0.3) is 5.91 Å². The first-order chi connectivity index (χ1) is 13.3. The van der Waals surface area contributed by atoms with E-state index < -0.39 is 0 Å². The van der Waals surface area contributed by atoms with E-state index in [1.165, 1.54) is 12.7 Å². The number of carbonyl (C=O) groups excluding carboxylic acids is 1. The van der Waals surface area contributed by atoms with Gasteiger partial charge in [-0.05, 0) is 49.3 Å². The van der Waals surface area contributed by atoms with Crippen molar-refractivity contribution in [1.29, 1.82) is 0 Å². The smallest absolute Gasteiger partial charge is 0.275 e. The Kier molecular flexibility index (Phi) is 5.50. The van der Waals surface area contributed by atoms with Crippen molar-refractivity contribution in [2.24, 2.45) is 5.92 Å². The lowest BCUT2D eigenvalue weighted by molar-refractivity contribution is -0.0675. The normalized spacial score (nSPS) is 21.6. The van der Waals surface area contributed by atoms with Crippen LogP contribution < -0.4 is 0 Å². The lowest BCUT2D eigenvalue weighted by atomic mass is 9.78. The molecule has 4 heterocycles. The molecule has 7 nitrogen and oxygen atoms in total. The Morgan fingerprint density at radius 3 is 2.85 bits per heavy atom. The number of pyridine rings is 1. The third kappa shape index (κ3) is 4.04. The zero-order valence-corrected chi connectivity index (χ0v) is 15.4. The zero-order chi connectivity index (χ0) is 18.5. The first kappa shape index (κ1) is 18.1. The molecule has 144 valence electrons. The molecule has 27 heavy (non-hydrogen) atoms. The van der Waals surface area contributed by atoms with Crippen LogP contribution in [0.1, 0.15) is 41.7 Å². The predicted octanol–water partition coefficient (Wildman–Crippen LogP) is 2.69. The fraction of sp³-hybridized carbons (Fsp3) is 0.550. The first-order valence-corrected chi connectivity index (χ1v) is 9.55. The van der Waals surface area contributed by atoms with Crippen molar-refractivity contribution < 1.29 is 18.7 Å². The van der Waals surface area contributed by atoms with Gasteiger partial charge in [0.15, 0.2) is 12.1 Å². The van der Waals surface area contributed by atoms with E-state index in [0.29, 0.717) is 31.3 Å². The Morgan fingerprint density at radius 2 is 2.11 bits per heavy atom. The van der Waals surface area contributed by atoms with Gasteiger partial charge in [0, 0.05) is 38.7 Å². The molecule has 1 atom stereocenters. The molecule has 1 amide bonds. The van der Waals surface area contributed by atoms with Crippen molar-refractivity contribution in [1.82, 2.24) is 14.9 Å². The van der Waals surface area contributed by atoms with Gasteiger partial charge in [-0.15, -0.1) is 0 Å². The topological polar surface area (TPSA) is 77.7 Å². The number of hydrogen-bond acceptors (Lipinski definition) is 6. The minimum atomic E-state index is -0.110. The molecule has 4 rings (SSSR count). The summed E-state index contributed by atoms with van der Waals surface area (Å²) >= 11 is 0. The van der Waals surface area contributed by atoms with Crippen LogP contribution in [-0.4, -0.2) is 52.7 Å². The summed E-state index contributed by atoms with van der Waals surface area (Å²) in [5.74, 6) is 0.424. The molecule has 0 bridgehead atoms. The van der Waals surface area contributed by atoms with Gasteiger partial charge in [-0.25, -0.2) is 4.98 Å². The molecule has 2 aliphatic rings. The van der Waals surface area contributed by atoms with E-state index in [4.69, 9.17) is 13.9 Å². The van der Waals surface area contributed by atoms with Crippen molar-refractivity contribution in [3.63, 3.8) is 0 Å². The molecule has 1 spiro atoms. The van der Waals surface area contributed by atoms with Crippen LogP contribution in [0.2, 0.25) is 0 Å². The molecule has 0 radical (unpaired) electrons. The number of nitrogens with zero attached hydrogens (tertiary/aromatic N) is 3. The minimum absolute atomic E-state index is 0.0613. The summed E-state index contributed by atoms with van der Waals surface area (Å²) in [5.41, 5.74) is 1.40. The maximum atomic E-state index is 12.4. The van der Waals surface area contributed by atoms with Gasteiger partial charge in [0.2, 0.25) is 0 Å². The maximum Gasteiger partial charge on any atom is 0.275 e. The largest absolute Gasteiger partial charge is 0.451 e. The summed E-state index contributed by atoms with van der Waals surface area (Å²) in [4.78, 5) is 22.3. The average Bonchev–Trinajstić information content (AvgIpc) is 3.37. The van der Waals surface area contributed by atoms with Crippen molar-refractivity contribution >= 4 is 5.91 Å². The van der Waals surface area contributed by atoms with Gasteiger partial charge in [0.05, 0.1) is 12.2 Å². The first-order valence-electron chi connectivity index (χ1n) is 9.55. The van der Waals surface area contributed by atoms with Gasteiger partial charge in [-0.1, -0.05) is 0 Å². The summed E-state index contributed by atoms with van der Waals surface area (Å²) in [7, 11) is 0. The SMILES string of the molecule is O=C(c1cocn1)N1CCC2(CC1)OCC[C@H]2CCOCc1ccncc1. The fourth-order valence-corrected chi connectivity index (χ4v) is 4.21. The van der Waals surface area contributed by atoms with E-state index in [1.54, 1.807) is 12.4 Å². The van der Waals surface area contributed by atoms with Crippen LogP contribution in [-0.2, 0) is 16.1 Å². The third-order valence-corrected chi connectivity index (χ3v) is 5.78. The lowest BCUT2D eigenvalue weighted by Gasteiger charge is -2.42. The van der Waals surface area contributed by atoms with Crippen LogP contribution >= 0.6 is 0 Å². The number of ether oxygens (including phenoxy) is 2. The number of aromatic nitrogens is 2. The summed E-state index contributed by atoms with van der Waals surface area (Å²) < 4.78 is 17.0. The lowest BCUT2D eigenvalue weighted by Crippen LogP contribution is -2.49. The number of hydrogen-bond donors (Lipinski definition) is 0. The third-order valence-electron chi connectivity index (χ3n) is 5.78. The number of carbonyl (C=O) groups is 1. The van der Waals surface area contributed by atoms with Crippen LogP contribution in [0.25, 0.3) is 0 Å². The molecule has 0 aromatic carbocycles. The van der Waals surface area contributed by atoms with Gasteiger partial charge < -0.3 is 18.8 Å². The molecule has 7 heteroatoms.